The number of amides is 1. The SMILES string of the molecule is Cc1cc(Nc2cc(N3CC[C@@](C#N)(C4CC4)C3=O)ccn2)ncc1N1CC[C@H](N(C)C)C1. The summed E-state index contributed by atoms with van der Waals surface area (Å²) in [7, 11) is 4.27. The summed E-state index contributed by atoms with van der Waals surface area (Å²) in [4.78, 5) is 28.6. The van der Waals surface area contributed by atoms with Gasteiger partial charge < -0.3 is 20.0 Å². The zero-order chi connectivity index (χ0) is 23.2. The van der Waals surface area contributed by atoms with Gasteiger partial charge in [0.15, 0.2) is 0 Å². The summed E-state index contributed by atoms with van der Waals surface area (Å²) >= 11 is 0. The fourth-order valence-corrected chi connectivity index (χ4v) is 5.25. The van der Waals surface area contributed by atoms with Crippen LogP contribution in [0.25, 0.3) is 0 Å². The highest BCUT2D eigenvalue weighted by Crippen LogP contribution is 2.51. The number of aromatic nitrogens is 2. The second-order valence-electron chi connectivity index (χ2n) is 9.80. The van der Waals surface area contributed by atoms with E-state index in [9.17, 15) is 10.1 Å². The van der Waals surface area contributed by atoms with Crippen LogP contribution in [0.4, 0.5) is 23.0 Å². The zero-order valence-electron chi connectivity index (χ0n) is 19.6. The third-order valence-corrected chi connectivity index (χ3v) is 7.46. The van der Waals surface area contributed by atoms with Crippen molar-refractivity contribution in [2.75, 3.05) is 48.8 Å². The normalized spacial score (nSPS) is 25.1. The van der Waals surface area contributed by atoms with Crippen molar-refractivity contribution in [2.24, 2.45) is 11.3 Å². The van der Waals surface area contributed by atoms with E-state index in [1.54, 1.807) is 11.1 Å². The van der Waals surface area contributed by atoms with Crippen LogP contribution in [0.2, 0.25) is 0 Å². The molecule has 2 atom stereocenters. The number of carbonyl (C=O) groups is 1. The van der Waals surface area contributed by atoms with Crippen molar-refractivity contribution in [1.82, 2.24) is 14.9 Å². The Labute approximate surface area is 195 Å². The Balaban J connectivity index is 1.30. The van der Waals surface area contributed by atoms with E-state index < -0.39 is 5.41 Å². The third-order valence-electron chi connectivity index (χ3n) is 7.46. The van der Waals surface area contributed by atoms with Crippen molar-refractivity contribution < 1.29 is 4.79 Å². The number of nitriles is 1. The Bertz CT molecular complexity index is 1110. The molecule has 172 valence electrons. The molecule has 2 saturated heterocycles. The lowest BCUT2D eigenvalue weighted by molar-refractivity contribution is -0.123. The van der Waals surface area contributed by atoms with Gasteiger partial charge in [-0.05, 0) is 70.3 Å². The summed E-state index contributed by atoms with van der Waals surface area (Å²) in [5, 5.41) is 13.0. The van der Waals surface area contributed by atoms with Crippen LogP contribution in [0.5, 0.6) is 0 Å². The average molecular weight is 446 g/mol. The molecule has 0 aromatic carbocycles. The van der Waals surface area contributed by atoms with Crippen LogP contribution in [0.3, 0.4) is 0 Å². The van der Waals surface area contributed by atoms with Gasteiger partial charge in [-0.2, -0.15) is 5.26 Å². The standard InChI is InChI=1S/C25H31N7O/c1-17-12-22(28-14-21(17)31-10-7-20(15-31)30(2)3)29-23-13-19(6-9-27-23)32-11-8-25(16-26,24(32)33)18-4-5-18/h6,9,12-14,18,20H,4-5,7-8,10-11,15H2,1-3H3,(H,27,28,29)/t20-,25+/m0/s1. The molecule has 5 rings (SSSR count). The molecule has 1 aliphatic carbocycles. The molecule has 33 heavy (non-hydrogen) atoms. The number of rotatable bonds is 6. The lowest BCUT2D eigenvalue weighted by Gasteiger charge is -2.23. The first-order valence-electron chi connectivity index (χ1n) is 11.8. The highest BCUT2D eigenvalue weighted by molar-refractivity contribution is 6.02. The van der Waals surface area contributed by atoms with Crippen LogP contribution >= 0.6 is 0 Å². The van der Waals surface area contributed by atoms with E-state index in [0.29, 0.717) is 24.8 Å². The Hall–Kier alpha value is -3.18. The monoisotopic (exact) mass is 445 g/mol. The quantitative estimate of drug-likeness (QED) is 0.730. The van der Waals surface area contributed by atoms with Gasteiger partial charge in [-0.25, -0.2) is 9.97 Å². The molecule has 1 N–H and O–H groups in total. The lowest BCUT2D eigenvalue weighted by atomic mass is 9.83. The minimum Gasteiger partial charge on any atom is -0.368 e. The summed E-state index contributed by atoms with van der Waals surface area (Å²) in [5.41, 5.74) is 2.27. The van der Waals surface area contributed by atoms with Gasteiger partial charge in [0.1, 0.15) is 17.1 Å². The summed E-state index contributed by atoms with van der Waals surface area (Å²) in [6.07, 6.45) is 7.34. The third kappa shape index (κ3) is 3.91. The van der Waals surface area contributed by atoms with Crippen molar-refractivity contribution in [3.8, 4) is 6.07 Å². The Morgan fingerprint density at radius 1 is 1.18 bits per heavy atom. The van der Waals surface area contributed by atoms with Crippen LogP contribution in [-0.4, -0.2) is 60.5 Å². The number of likely N-dealkylation sites (N-methyl/N-ethyl adjacent to an activating group) is 1. The summed E-state index contributed by atoms with van der Waals surface area (Å²) in [6, 6.07) is 8.66. The summed E-state index contributed by atoms with van der Waals surface area (Å²) < 4.78 is 0. The number of hydrogen-bond acceptors (Lipinski definition) is 7. The average Bonchev–Trinajstić information content (AvgIpc) is 3.43. The van der Waals surface area contributed by atoms with Gasteiger partial charge >= 0.3 is 0 Å². The van der Waals surface area contributed by atoms with Gasteiger partial charge in [0.05, 0.1) is 18.0 Å². The molecule has 1 saturated carbocycles. The Morgan fingerprint density at radius 3 is 2.64 bits per heavy atom. The number of nitrogens with one attached hydrogen (secondary N) is 1. The van der Waals surface area contributed by atoms with Crippen LogP contribution < -0.4 is 15.1 Å². The maximum atomic E-state index is 13.1. The van der Waals surface area contributed by atoms with E-state index in [-0.39, 0.29) is 11.8 Å². The van der Waals surface area contributed by atoms with E-state index >= 15 is 0 Å². The van der Waals surface area contributed by atoms with Crippen LogP contribution in [0.15, 0.2) is 30.6 Å². The molecule has 8 heteroatoms. The first kappa shape index (κ1) is 21.7. The molecule has 0 radical (unpaired) electrons. The van der Waals surface area contributed by atoms with Crippen molar-refractivity contribution >= 4 is 28.9 Å². The molecule has 4 heterocycles. The predicted molar refractivity (Wildman–Crippen MR) is 129 cm³/mol. The Morgan fingerprint density at radius 2 is 1.97 bits per heavy atom. The second-order valence-corrected chi connectivity index (χ2v) is 9.80. The van der Waals surface area contributed by atoms with Gasteiger partial charge in [-0.1, -0.05) is 0 Å². The van der Waals surface area contributed by atoms with E-state index in [1.165, 1.54) is 11.3 Å². The summed E-state index contributed by atoms with van der Waals surface area (Å²) in [5.74, 6) is 1.51. The molecule has 0 spiro atoms. The highest BCUT2D eigenvalue weighted by Gasteiger charge is 2.56. The molecule has 2 aromatic rings. The number of hydrogen-bond donors (Lipinski definition) is 1. The summed E-state index contributed by atoms with van der Waals surface area (Å²) in [6.45, 7) is 4.73. The molecule has 1 amide bonds. The topological polar surface area (TPSA) is 88.4 Å². The number of carbonyl (C=O) groups excluding carboxylic acids is 1. The maximum absolute atomic E-state index is 13.1. The number of anilines is 4. The fourth-order valence-electron chi connectivity index (χ4n) is 5.25. The number of aryl methyl sites for hydroxylation is 1. The molecular weight excluding hydrogens is 414 g/mol. The fraction of sp³-hybridized carbons (Fsp3) is 0.520. The smallest absolute Gasteiger partial charge is 0.247 e. The van der Waals surface area contributed by atoms with Gasteiger partial charge in [0, 0.05) is 43.6 Å². The van der Waals surface area contributed by atoms with Crippen LogP contribution in [-0.2, 0) is 4.79 Å². The van der Waals surface area contributed by atoms with Crippen LogP contribution in [0, 0.1) is 29.6 Å². The molecule has 2 aliphatic heterocycles. The van der Waals surface area contributed by atoms with Gasteiger partial charge in [0.25, 0.3) is 0 Å². The van der Waals surface area contributed by atoms with Crippen molar-refractivity contribution in [1.29, 1.82) is 5.26 Å². The first-order chi connectivity index (χ1) is 15.9. The highest BCUT2D eigenvalue weighted by atomic mass is 16.2. The molecule has 2 aromatic heterocycles. The molecular formula is C25H31N7O. The van der Waals surface area contributed by atoms with E-state index in [1.807, 2.05) is 24.4 Å². The van der Waals surface area contributed by atoms with Crippen LogP contribution in [0.1, 0.15) is 31.2 Å². The maximum Gasteiger partial charge on any atom is 0.247 e. The minimum absolute atomic E-state index is 0.0652. The van der Waals surface area contributed by atoms with Crippen molar-refractivity contribution in [3.63, 3.8) is 0 Å². The predicted octanol–water partition coefficient (Wildman–Crippen LogP) is 3.33. The van der Waals surface area contributed by atoms with Gasteiger partial charge in [-0.3, -0.25) is 4.79 Å². The molecule has 0 unspecified atom stereocenters. The molecule has 8 nitrogen and oxygen atoms in total. The molecule has 0 bridgehead atoms. The number of nitrogens with zero attached hydrogens (tertiary/aromatic N) is 6. The largest absolute Gasteiger partial charge is 0.368 e. The van der Waals surface area contributed by atoms with Crippen molar-refractivity contribution in [2.45, 2.75) is 38.6 Å². The van der Waals surface area contributed by atoms with Crippen molar-refractivity contribution in [3.05, 3.63) is 36.2 Å². The number of pyridine rings is 2. The Kier molecular flexibility index (Phi) is 5.45. The van der Waals surface area contributed by atoms with E-state index in [2.05, 4.69) is 52.2 Å². The first-order valence-corrected chi connectivity index (χ1v) is 11.8. The van der Waals surface area contributed by atoms with Gasteiger partial charge in [0.2, 0.25) is 5.91 Å². The minimum atomic E-state index is -0.841. The van der Waals surface area contributed by atoms with Gasteiger partial charge in [-0.15, -0.1) is 0 Å². The second kappa shape index (κ2) is 8.31. The molecule has 3 aliphatic rings. The zero-order valence-corrected chi connectivity index (χ0v) is 19.6. The van der Waals surface area contributed by atoms with E-state index in [0.717, 1.165) is 43.9 Å². The lowest BCUT2D eigenvalue weighted by Crippen LogP contribution is -2.35. The van der Waals surface area contributed by atoms with E-state index in [4.69, 9.17) is 0 Å². The molecule has 3 fully saturated rings.